The summed E-state index contributed by atoms with van der Waals surface area (Å²) in [5.41, 5.74) is 6.17. The Bertz CT molecular complexity index is 1580. The first kappa shape index (κ1) is 29.6. The number of phenolic OH excluding ortho intramolecular Hbond substituents is 1. The molecule has 3 aromatic carbocycles. The van der Waals surface area contributed by atoms with E-state index in [2.05, 4.69) is 27.8 Å². The van der Waals surface area contributed by atoms with Crippen molar-refractivity contribution in [3.05, 3.63) is 108 Å². The summed E-state index contributed by atoms with van der Waals surface area (Å²) in [6.45, 7) is 5.03. The number of hydrogen-bond donors (Lipinski definition) is 3. The molecule has 0 spiro atoms. The fourth-order valence-corrected chi connectivity index (χ4v) is 6.00. The van der Waals surface area contributed by atoms with Crippen molar-refractivity contribution in [1.29, 1.82) is 0 Å². The van der Waals surface area contributed by atoms with Gasteiger partial charge in [0.25, 0.3) is 0 Å². The average Bonchev–Trinajstić information content (AvgIpc) is 3.59. The number of nitrogens with one attached hydrogen (secondary N) is 2. The molecule has 2 atom stereocenters. The molecular weight excluding hydrogens is 574 g/mol. The van der Waals surface area contributed by atoms with Gasteiger partial charge >= 0.3 is 6.03 Å². The summed E-state index contributed by atoms with van der Waals surface area (Å²) in [7, 11) is 0. The van der Waals surface area contributed by atoms with Crippen molar-refractivity contribution >= 4 is 23.5 Å². The normalized spacial score (nSPS) is 19.8. The molecule has 3 heterocycles. The number of nitrogens with zero attached hydrogens (tertiary/aromatic N) is 7. The highest BCUT2D eigenvalue weighted by Crippen LogP contribution is 2.31. The molecule has 0 aliphatic carbocycles. The van der Waals surface area contributed by atoms with Crippen molar-refractivity contribution in [3.63, 3.8) is 0 Å². The van der Waals surface area contributed by atoms with Crippen LogP contribution in [0.15, 0.2) is 102 Å². The van der Waals surface area contributed by atoms with Gasteiger partial charge in [0, 0.05) is 26.1 Å². The largest absolute Gasteiger partial charge is 0.508 e. The van der Waals surface area contributed by atoms with Crippen molar-refractivity contribution in [3.8, 4) is 5.75 Å². The molecule has 3 aliphatic rings. The standard InChI is InChI=1S/C32H35N9O4/c1-2-16-38-21-30(43)40-28(17-23-12-14-26(42)15-13-23)31(44)37(19-25-10-6-7-11-27(25)39-22-34-35-36-39)20-29(40)41(38)32(45)33-18-24-8-4-3-5-9-24/h2-15,28-29,42H,1,16-22H2,(H,33,45)(H,34,36)/t28-,29-/m0/s1. The molecule has 0 unspecified atom stereocenters. The lowest BCUT2D eigenvalue weighted by Crippen LogP contribution is -2.76. The molecule has 3 aromatic rings. The van der Waals surface area contributed by atoms with Crippen LogP contribution >= 0.6 is 0 Å². The number of rotatable bonds is 9. The zero-order valence-corrected chi connectivity index (χ0v) is 24.7. The molecule has 0 radical (unpaired) electrons. The Morgan fingerprint density at radius 2 is 1.78 bits per heavy atom. The number of para-hydroxylation sites is 1. The van der Waals surface area contributed by atoms with Crippen LogP contribution in [0.3, 0.4) is 0 Å². The monoisotopic (exact) mass is 609 g/mol. The third-order valence-corrected chi connectivity index (χ3v) is 8.10. The van der Waals surface area contributed by atoms with Crippen molar-refractivity contribution in [2.45, 2.75) is 31.7 Å². The highest BCUT2D eigenvalue weighted by Gasteiger charge is 2.51. The Kier molecular flexibility index (Phi) is 8.60. The van der Waals surface area contributed by atoms with Gasteiger partial charge in [-0.2, -0.15) is 0 Å². The van der Waals surface area contributed by atoms with Crippen LogP contribution in [-0.2, 0) is 29.1 Å². The van der Waals surface area contributed by atoms with Crippen LogP contribution in [0.4, 0.5) is 10.5 Å². The third-order valence-electron chi connectivity index (χ3n) is 8.10. The molecule has 13 heteroatoms. The minimum atomic E-state index is -0.878. The zero-order valence-electron chi connectivity index (χ0n) is 24.7. The van der Waals surface area contributed by atoms with Gasteiger partial charge in [-0.25, -0.2) is 19.8 Å². The van der Waals surface area contributed by atoms with Crippen LogP contribution in [0.5, 0.6) is 5.75 Å². The molecular formula is C32H35N9O4. The Morgan fingerprint density at radius 1 is 1.02 bits per heavy atom. The molecule has 0 aromatic heterocycles. The molecule has 232 valence electrons. The van der Waals surface area contributed by atoms with E-state index in [-0.39, 0.29) is 56.2 Å². The van der Waals surface area contributed by atoms with Crippen LogP contribution in [0, 0.1) is 0 Å². The van der Waals surface area contributed by atoms with Crippen molar-refractivity contribution in [1.82, 2.24) is 30.6 Å². The summed E-state index contributed by atoms with van der Waals surface area (Å²) in [6, 6.07) is 22.5. The number of aromatic hydroxyl groups is 1. The molecule has 2 fully saturated rings. The Morgan fingerprint density at radius 3 is 2.51 bits per heavy atom. The number of carbonyl (C=O) groups is 3. The second-order valence-corrected chi connectivity index (χ2v) is 11.0. The number of hydrogen-bond acceptors (Lipinski definition) is 9. The number of amides is 4. The van der Waals surface area contributed by atoms with Crippen LogP contribution < -0.4 is 15.8 Å². The second kappa shape index (κ2) is 13.1. The maximum absolute atomic E-state index is 14.3. The predicted octanol–water partition coefficient (Wildman–Crippen LogP) is 2.78. The summed E-state index contributed by atoms with van der Waals surface area (Å²) in [5, 5.41) is 25.8. The first-order chi connectivity index (χ1) is 21.9. The summed E-state index contributed by atoms with van der Waals surface area (Å²) in [5.74, 6) is -0.381. The third kappa shape index (κ3) is 6.29. The van der Waals surface area contributed by atoms with Crippen LogP contribution in [0.25, 0.3) is 0 Å². The lowest BCUT2D eigenvalue weighted by molar-refractivity contribution is -0.189. The van der Waals surface area contributed by atoms with Gasteiger partial charge in [-0.15, -0.1) is 6.58 Å². The van der Waals surface area contributed by atoms with Crippen LogP contribution in [-0.4, -0.2) is 81.3 Å². The molecule has 0 saturated carbocycles. The number of anilines is 1. The van der Waals surface area contributed by atoms with Crippen molar-refractivity contribution < 1.29 is 19.5 Å². The van der Waals surface area contributed by atoms with E-state index in [4.69, 9.17) is 0 Å². The minimum Gasteiger partial charge on any atom is -0.508 e. The number of benzene rings is 3. The van der Waals surface area contributed by atoms with Gasteiger partial charge in [0.1, 0.15) is 24.6 Å². The van der Waals surface area contributed by atoms with Gasteiger partial charge in [0.15, 0.2) is 0 Å². The van der Waals surface area contributed by atoms with Gasteiger partial charge in [0.05, 0.1) is 18.8 Å². The van der Waals surface area contributed by atoms with Crippen molar-refractivity contribution in [2.24, 2.45) is 10.4 Å². The van der Waals surface area contributed by atoms with Gasteiger partial charge in [-0.3, -0.25) is 15.0 Å². The first-order valence-electron chi connectivity index (χ1n) is 14.8. The molecule has 45 heavy (non-hydrogen) atoms. The van der Waals surface area contributed by atoms with Gasteiger partial charge < -0.3 is 20.2 Å². The molecule has 3 N–H and O–H groups in total. The maximum atomic E-state index is 14.3. The van der Waals surface area contributed by atoms with E-state index in [1.165, 1.54) is 0 Å². The van der Waals surface area contributed by atoms with Crippen LogP contribution in [0.1, 0.15) is 16.7 Å². The highest BCUT2D eigenvalue weighted by atomic mass is 16.3. The van der Waals surface area contributed by atoms with E-state index in [0.29, 0.717) is 13.2 Å². The van der Waals surface area contributed by atoms with Crippen LogP contribution in [0.2, 0.25) is 0 Å². The van der Waals surface area contributed by atoms with E-state index in [1.54, 1.807) is 55.2 Å². The molecule has 4 amide bonds. The fourth-order valence-electron chi connectivity index (χ4n) is 6.00. The van der Waals surface area contributed by atoms with Gasteiger partial charge in [-0.05, 0) is 40.1 Å². The fraction of sp³-hybridized carbons (Fsp3) is 0.281. The number of fused-ring (bicyclic) bond motifs is 1. The lowest BCUT2D eigenvalue weighted by atomic mass is 9.98. The van der Waals surface area contributed by atoms with E-state index < -0.39 is 12.2 Å². The summed E-state index contributed by atoms with van der Waals surface area (Å²) in [6.07, 6.45) is 1.08. The molecule has 2 saturated heterocycles. The first-order valence-corrected chi connectivity index (χ1v) is 14.8. The summed E-state index contributed by atoms with van der Waals surface area (Å²) in [4.78, 5) is 45.3. The number of piperazine rings is 1. The van der Waals surface area contributed by atoms with E-state index in [9.17, 15) is 19.5 Å². The maximum Gasteiger partial charge on any atom is 0.334 e. The van der Waals surface area contributed by atoms with Gasteiger partial charge in [-0.1, -0.05) is 72.0 Å². The Hall–Kier alpha value is -5.43. The average molecular weight is 610 g/mol. The number of hydrazine groups is 1. The minimum absolute atomic E-state index is 0.0869. The highest BCUT2D eigenvalue weighted by molar-refractivity contribution is 5.91. The number of urea groups is 1. The zero-order chi connectivity index (χ0) is 31.3. The van der Waals surface area contributed by atoms with E-state index in [0.717, 1.165) is 22.4 Å². The van der Waals surface area contributed by atoms with Gasteiger partial charge in [0.2, 0.25) is 11.8 Å². The van der Waals surface area contributed by atoms with E-state index >= 15 is 0 Å². The molecule has 13 nitrogen and oxygen atoms in total. The van der Waals surface area contributed by atoms with Crippen molar-refractivity contribution in [2.75, 3.05) is 31.3 Å². The second-order valence-electron chi connectivity index (χ2n) is 11.0. The number of carbonyl (C=O) groups excluding carboxylic acids is 3. The topological polar surface area (TPSA) is 136 Å². The number of phenols is 1. The quantitative estimate of drug-likeness (QED) is 0.318. The summed E-state index contributed by atoms with van der Waals surface area (Å²) >= 11 is 0. The molecule has 3 aliphatic heterocycles. The Balaban J connectivity index is 1.35. The lowest BCUT2D eigenvalue weighted by Gasteiger charge is -2.55. The Labute approximate surface area is 260 Å². The SMILES string of the molecule is C=CCN1CC(=O)N2[C@@H](Cc3ccc(O)cc3)C(=O)N(Cc3ccccc3N3CNN=N3)C[C@@H]2N1C(=O)NCc1ccccc1. The predicted molar refractivity (Wildman–Crippen MR) is 166 cm³/mol. The molecule has 0 bridgehead atoms. The summed E-state index contributed by atoms with van der Waals surface area (Å²) < 4.78 is 0. The van der Waals surface area contributed by atoms with E-state index in [1.807, 2.05) is 54.6 Å². The molecule has 6 rings (SSSR count). The smallest absolute Gasteiger partial charge is 0.334 e.